The number of carbonyl (C=O) groups is 1. The van der Waals surface area contributed by atoms with Crippen molar-refractivity contribution in [3.05, 3.63) is 21.6 Å². The molecule has 1 aliphatic heterocycles. The second-order valence-corrected chi connectivity index (χ2v) is 3.49. The molecule has 15 heavy (non-hydrogen) atoms. The van der Waals surface area contributed by atoms with E-state index in [0.717, 1.165) is 11.3 Å². The van der Waals surface area contributed by atoms with Crippen LogP contribution < -0.4 is 5.56 Å². The van der Waals surface area contributed by atoms with Gasteiger partial charge in [0, 0.05) is 30.8 Å². The largest absolute Gasteiger partial charge is 0.453 e. The van der Waals surface area contributed by atoms with E-state index in [2.05, 4.69) is 14.9 Å². The first-order valence-corrected chi connectivity index (χ1v) is 4.83. The number of rotatable bonds is 0. The van der Waals surface area contributed by atoms with Crippen LogP contribution in [-0.4, -0.2) is 41.4 Å². The van der Waals surface area contributed by atoms with Crippen molar-refractivity contribution in [1.29, 1.82) is 0 Å². The number of nitrogens with one attached hydrogen (secondary N) is 2. The van der Waals surface area contributed by atoms with Crippen molar-refractivity contribution >= 4 is 6.09 Å². The number of H-pyrrole nitrogens is 2. The minimum absolute atomic E-state index is 0.0864. The molecule has 1 aliphatic rings. The average Bonchev–Trinajstić information content (AvgIpc) is 2.50. The van der Waals surface area contributed by atoms with Crippen molar-refractivity contribution in [2.45, 2.75) is 12.8 Å². The number of methoxy groups -OCH3 is 1. The smallest absolute Gasteiger partial charge is 0.409 e. The second kappa shape index (κ2) is 3.80. The lowest BCUT2D eigenvalue weighted by Gasteiger charge is -2.17. The molecule has 0 bridgehead atoms. The number of ether oxygens (including phenoxy) is 1. The topological polar surface area (TPSA) is 78.2 Å². The molecule has 0 saturated heterocycles. The number of amides is 1. The SMILES string of the molecule is COC(=O)N1CCc2[nH][nH]c(=O)c2CC1. The fourth-order valence-electron chi connectivity index (χ4n) is 1.81. The van der Waals surface area contributed by atoms with Crippen LogP contribution in [0.5, 0.6) is 0 Å². The quantitative estimate of drug-likeness (QED) is 0.627. The molecule has 1 aromatic heterocycles. The molecule has 0 fully saturated rings. The van der Waals surface area contributed by atoms with Crippen molar-refractivity contribution < 1.29 is 9.53 Å². The molecular formula is C9H13N3O3. The van der Waals surface area contributed by atoms with Gasteiger partial charge in [0.15, 0.2) is 0 Å². The van der Waals surface area contributed by atoms with Crippen LogP contribution in [-0.2, 0) is 17.6 Å². The monoisotopic (exact) mass is 211 g/mol. The van der Waals surface area contributed by atoms with Gasteiger partial charge >= 0.3 is 6.09 Å². The predicted molar refractivity (Wildman–Crippen MR) is 52.8 cm³/mol. The Hall–Kier alpha value is -1.72. The van der Waals surface area contributed by atoms with E-state index in [-0.39, 0.29) is 11.7 Å². The van der Waals surface area contributed by atoms with E-state index in [1.807, 2.05) is 0 Å². The molecule has 6 nitrogen and oxygen atoms in total. The molecule has 0 saturated carbocycles. The standard InChI is InChI=1S/C9H13N3O3/c1-15-9(14)12-4-2-6-7(3-5-12)10-11-8(6)13/h2-5H2,1H3,(H2,10,11,13). The van der Waals surface area contributed by atoms with Crippen molar-refractivity contribution in [2.24, 2.45) is 0 Å². The molecule has 0 spiro atoms. The van der Waals surface area contributed by atoms with Crippen LogP contribution in [0.2, 0.25) is 0 Å². The highest BCUT2D eigenvalue weighted by atomic mass is 16.5. The van der Waals surface area contributed by atoms with E-state index in [0.29, 0.717) is 25.9 Å². The number of carbonyl (C=O) groups excluding carboxylic acids is 1. The molecule has 2 heterocycles. The van der Waals surface area contributed by atoms with Crippen molar-refractivity contribution in [3.63, 3.8) is 0 Å². The molecule has 6 heteroatoms. The van der Waals surface area contributed by atoms with Gasteiger partial charge in [-0.2, -0.15) is 0 Å². The van der Waals surface area contributed by atoms with E-state index in [9.17, 15) is 9.59 Å². The van der Waals surface area contributed by atoms with Crippen LogP contribution in [0.1, 0.15) is 11.3 Å². The molecule has 2 N–H and O–H groups in total. The summed E-state index contributed by atoms with van der Waals surface area (Å²) in [5.41, 5.74) is 1.56. The Labute approximate surface area is 86.2 Å². The summed E-state index contributed by atoms with van der Waals surface area (Å²) in [7, 11) is 1.36. The van der Waals surface area contributed by atoms with Crippen molar-refractivity contribution in [1.82, 2.24) is 15.1 Å². The van der Waals surface area contributed by atoms with Crippen LogP contribution in [0.4, 0.5) is 4.79 Å². The summed E-state index contributed by atoms with van der Waals surface area (Å²) in [5, 5.41) is 5.38. The van der Waals surface area contributed by atoms with Crippen LogP contribution in [0.25, 0.3) is 0 Å². The Morgan fingerprint density at radius 1 is 1.33 bits per heavy atom. The van der Waals surface area contributed by atoms with Gasteiger partial charge in [-0.05, 0) is 6.42 Å². The molecule has 0 radical (unpaired) electrons. The first-order valence-electron chi connectivity index (χ1n) is 4.83. The summed E-state index contributed by atoms with van der Waals surface area (Å²) in [6.45, 7) is 1.11. The lowest BCUT2D eigenvalue weighted by molar-refractivity contribution is 0.125. The average molecular weight is 211 g/mol. The number of fused-ring (bicyclic) bond motifs is 1. The predicted octanol–water partition coefficient (Wildman–Crippen LogP) is -0.130. The fraction of sp³-hybridized carbons (Fsp3) is 0.556. The fourth-order valence-corrected chi connectivity index (χ4v) is 1.81. The molecule has 0 unspecified atom stereocenters. The molecular weight excluding hydrogens is 198 g/mol. The second-order valence-electron chi connectivity index (χ2n) is 3.49. The van der Waals surface area contributed by atoms with Crippen molar-refractivity contribution in [2.75, 3.05) is 20.2 Å². The zero-order valence-electron chi connectivity index (χ0n) is 8.50. The molecule has 0 aliphatic carbocycles. The van der Waals surface area contributed by atoms with Crippen LogP contribution in [0.15, 0.2) is 4.79 Å². The van der Waals surface area contributed by atoms with Crippen molar-refractivity contribution in [3.8, 4) is 0 Å². The highest BCUT2D eigenvalue weighted by Gasteiger charge is 2.21. The lowest BCUT2D eigenvalue weighted by atomic mass is 10.2. The third-order valence-corrected chi connectivity index (χ3v) is 2.66. The Morgan fingerprint density at radius 2 is 2.07 bits per heavy atom. The summed E-state index contributed by atoms with van der Waals surface area (Å²) in [6.07, 6.45) is 0.892. The van der Waals surface area contributed by atoms with Gasteiger partial charge in [-0.1, -0.05) is 0 Å². The van der Waals surface area contributed by atoms with Gasteiger partial charge in [-0.3, -0.25) is 9.89 Å². The zero-order chi connectivity index (χ0) is 10.8. The Bertz CT molecular complexity index is 420. The highest BCUT2D eigenvalue weighted by Crippen LogP contribution is 2.10. The summed E-state index contributed by atoms with van der Waals surface area (Å²) in [4.78, 5) is 24.2. The third kappa shape index (κ3) is 1.74. The Balaban J connectivity index is 2.15. The van der Waals surface area contributed by atoms with Gasteiger partial charge < -0.3 is 14.7 Å². The Kier molecular flexibility index (Phi) is 2.49. The molecule has 0 aromatic carbocycles. The maximum atomic E-state index is 11.3. The minimum atomic E-state index is -0.336. The lowest BCUT2D eigenvalue weighted by Crippen LogP contribution is -2.33. The number of hydrogen-bond acceptors (Lipinski definition) is 3. The number of hydrogen-bond donors (Lipinski definition) is 2. The van der Waals surface area contributed by atoms with Gasteiger partial charge in [0.1, 0.15) is 0 Å². The summed E-state index contributed by atoms with van der Waals surface area (Å²) >= 11 is 0. The van der Waals surface area contributed by atoms with Gasteiger partial charge in [0.25, 0.3) is 5.56 Å². The third-order valence-electron chi connectivity index (χ3n) is 2.66. The van der Waals surface area contributed by atoms with Gasteiger partial charge in [0.05, 0.1) is 7.11 Å². The molecule has 2 rings (SSSR count). The Morgan fingerprint density at radius 3 is 2.80 bits per heavy atom. The van der Waals surface area contributed by atoms with E-state index in [4.69, 9.17) is 0 Å². The van der Waals surface area contributed by atoms with E-state index < -0.39 is 0 Å². The normalized spacial score (nSPS) is 15.7. The first-order chi connectivity index (χ1) is 7.22. The molecule has 82 valence electrons. The van der Waals surface area contributed by atoms with Gasteiger partial charge in [-0.15, -0.1) is 0 Å². The van der Waals surface area contributed by atoms with E-state index in [1.165, 1.54) is 7.11 Å². The van der Waals surface area contributed by atoms with E-state index >= 15 is 0 Å². The molecule has 1 aromatic rings. The maximum Gasteiger partial charge on any atom is 0.409 e. The number of aromatic amines is 2. The zero-order valence-corrected chi connectivity index (χ0v) is 8.50. The number of nitrogens with zero attached hydrogens (tertiary/aromatic N) is 1. The van der Waals surface area contributed by atoms with Crippen LogP contribution in [0.3, 0.4) is 0 Å². The van der Waals surface area contributed by atoms with Gasteiger partial charge in [0.2, 0.25) is 0 Å². The summed E-state index contributed by atoms with van der Waals surface area (Å²) < 4.78 is 4.64. The number of aromatic nitrogens is 2. The summed E-state index contributed by atoms with van der Waals surface area (Å²) in [6, 6.07) is 0. The summed E-state index contributed by atoms with van der Waals surface area (Å²) in [5.74, 6) is 0. The van der Waals surface area contributed by atoms with Crippen LogP contribution >= 0.6 is 0 Å². The first kappa shape index (κ1) is 9.82. The molecule has 1 amide bonds. The van der Waals surface area contributed by atoms with Crippen LogP contribution in [0, 0.1) is 0 Å². The highest BCUT2D eigenvalue weighted by molar-refractivity contribution is 5.67. The maximum absolute atomic E-state index is 11.3. The van der Waals surface area contributed by atoms with E-state index in [1.54, 1.807) is 4.90 Å². The molecule has 0 atom stereocenters. The van der Waals surface area contributed by atoms with Gasteiger partial charge in [-0.25, -0.2) is 4.79 Å². The minimum Gasteiger partial charge on any atom is -0.453 e.